The summed E-state index contributed by atoms with van der Waals surface area (Å²) in [5.74, 6) is -3.04. The maximum absolute atomic E-state index is 14.1. The van der Waals surface area contributed by atoms with Crippen LogP contribution in [0.5, 0.6) is 0 Å². The second-order valence-electron chi connectivity index (χ2n) is 8.50. The second-order valence-corrected chi connectivity index (χ2v) is 8.91. The summed E-state index contributed by atoms with van der Waals surface area (Å²) < 4.78 is 15.6. The Kier molecular flexibility index (Phi) is 7.42. The van der Waals surface area contributed by atoms with Gasteiger partial charge in [-0.05, 0) is 47.8 Å². The maximum Gasteiger partial charge on any atom is 0.250 e. The summed E-state index contributed by atoms with van der Waals surface area (Å²) in [6.45, 7) is -0.502. The van der Waals surface area contributed by atoms with Gasteiger partial charge >= 0.3 is 0 Å². The van der Waals surface area contributed by atoms with Crippen LogP contribution in [0.1, 0.15) is 39.1 Å². The average Bonchev–Trinajstić information content (AvgIpc) is 3.64. The zero-order valence-corrected chi connectivity index (χ0v) is 20.1. The fraction of sp³-hybridized carbons (Fsp3) is 0.250. The van der Waals surface area contributed by atoms with Gasteiger partial charge in [0.2, 0.25) is 17.7 Å². The van der Waals surface area contributed by atoms with E-state index >= 15 is 0 Å². The first-order valence-corrected chi connectivity index (χ1v) is 11.6. The molecule has 0 bridgehead atoms. The van der Waals surface area contributed by atoms with Crippen molar-refractivity contribution in [3.8, 4) is 0 Å². The number of halogens is 2. The molecule has 37 heavy (non-hydrogen) atoms. The van der Waals surface area contributed by atoms with Crippen molar-refractivity contribution >= 4 is 46.1 Å². The zero-order valence-electron chi connectivity index (χ0n) is 19.4. The van der Waals surface area contributed by atoms with Gasteiger partial charge in [0.25, 0.3) is 5.91 Å². The number of nitrogens with one attached hydrogen (secondary N) is 1. The van der Waals surface area contributed by atoms with Crippen LogP contribution in [0, 0.1) is 5.82 Å². The van der Waals surface area contributed by atoms with Crippen LogP contribution < -0.4 is 11.1 Å². The van der Waals surface area contributed by atoms with E-state index in [-0.39, 0.29) is 53.3 Å². The van der Waals surface area contributed by atoms with Gasteiger partial charge in [-0.2, -0.15) is 0 Å². The Labute approximate surface area is 214 Å². The van der Waals surface area contributed by atoms with Crippen LogP contribution in [0.15, 0.2) is 47.7 Å². The molecule has 11 nitrogen and oxygen atoms in total. The summed E-state index contributed by atoms with van der Waals surface area (Å²) in [5, 5.41) is 5.92. The number of carbonyl (C=O) groups excluding carboxylic acids is 4. The number of aromatic nitrogens is 1. The van der Waals surface area contributed by atoms with Gasteiger partial charge < -0.3 is 20.5 Å². The van der Waals surface area contributed by atoms with Crippen molar-refractivity contribution in [2.45, 2.75) is 32.0 Å². The van der Waals surface area contributed by atoms with Crippen molar-refractivity contribution < 1.29 is 23.6 Å². The number of rotatable bonds is 9. The quantitative estimate of drug-likeness (QED) is 0.249. The third-order valence-electron chi connectivity index (χ3n) is 5.96. The summed E-state index contributed by atoms with van der Waals surface area (Å²) >= 11 is 5.78. The Morgan fingerprint density at radius 3 is 2.68 bits per heavy atom. The normalized spacial score (nSPS) is 12.6. The lowest BCUT2D eigenvalue weighted by Crippen LogP contribution is -2.43. The van der Waals surface area contributed by atoms with E-state index in [1.807, 2.05) is 0 Å². The summed E-state index contributed by atoms with van der Waals surface area (Å²) in [6, 6.07) is 8.67. The van der Waals surface area contributed by atoms with Crippen molar-refractivity contribution in [3.63, 3.8) is 0 Å². The molecule has 1 aliphatic rings. The lowest BCUT2D eigenvalue weighted by atomic mass is 10.1. The molecule has 2 aromatic carbocycles. The predicted molar refractivity (Wildman–Crippen MR) is 132 cm³/mol. The minimum atomic E-state index is -0.827. The van der Waals surface area contributed by atoms with Gasteiger partial charge in [-0.25, -0.2) is 4.39 Å². The van der Waals surface area contributed by atoms with Crippen molar-refractivity contribution in [1.29, 1.82) is 0 Å². The first-order chi connectivity index (χ1) is 17.7. The first-order valence-electron chi connectivity index (χ1n) is 11.2. The number of nitrogens with two attached hydrogens (primary N) is 1. The lowest BCUT2D eigenvalue weighted by Gasteiger charge is -2.22. The molecule has 13 heteroatoms. The number of benzene rings is 2. The highest BCUT2D eigenvalue weighted by atomic mass is 35.5. The molecule has 0 spiro atoms. The van der Waals surface area contributed by atoms with Crippen molar-refractivity contribution in [2.75, 3.05) is 6.54 Å². The van der Waals surface area contributed by atoms with E-state index < -0.39 is 23.5 Å². The molecule has 0 unspecified atom stereocenters. The van der Waals surface area contributed by atoms with E-state index in [0.29, 0.717) is 10.9 Å². The molecular formula is C24H21ClFN7O4. The molecule has 1 fully saturated rings. The maximum atomic E-state index is 14.1. The highest BCUT2D eigenvalue weighted by Crippen LogP contribution is 2.28. The Hall–Kier alpha value is -4.41. The summed E-state index contributed by atoms with van der Waals surface area (Å²) in [7, 11) is 0. The Balaban J connectivity index is 1.51. The van der Waals surface area contributed by atoms with Gasteiger partial charge in [-0.15, -0.1) is 0 Å². The first kappa shape index (κ1) is 25.7. The highest BCUT2D eigenvalue weighted by Gasteiger charge is 2.34. The number of hydrogen-bond acceptors (Lipinski definition) is 4. The minimum absolute atomic E-state index is 0.0508. The van der Waals surface area contributed by atoms with Crippen LogP contribution in [-0.2, 0) is 22.7 Å². The molecule has 1 heterocycles. The molecule has 1 aromatic heterocycles. The number of hydrogen-bond donors (Lipinski definition) is 2. The molecule has 0 saturated heterocycles. The van der Waals surface area contributed by atoms with E-state index in [4.69, 9.17) is 22.9 Å². The number of azide groups is 1. The van der Waals surface area contributed by atoms with Crippen LogP contribution in [0.4, 0.5) is 4.39 Å². The molecule has 1 aliphatic carbocycles. The third-order valence-corrected chi connectivity index (χ3v) is 6.26. The van der Waals surface area contributed by atoms with Gasteiger partial charge in [0.05, 0.1) is 17.1 Å². The second kappa shape index (κ2) is 10.7. The smallest absolute Gasteiger partial charge is 0.250 e. The zero-order chi connectivity index (χ0) is 26.7. The van der Waals surface area contributed by atoms with Gasteiger partial charge in [0, 0.05) is 45.7 Å². The Bertz CT molecular complexity index is 1480. The van der Waals surface area contributed by atoms with Crippen molar-refractivity contribution in [2.24, 2.45) is 10.8 Å². The minimum Gasteiger partial charge on any atom is -0.366 e. The van der Waals surface area contributed by atoms with Crippen LogP contribution in [0.3, 0.4) is 0 Å². The monoisotopic (exact) mass is 525 g/mol. The average molecular weight is 526 g/mol. The molecule has 0 radical (unpaired) electrons. The third kappa shape index (κ3) is 5.71. The Morgan fingerprint density at radius 1 is 1.24 bits per heavy atom. The topological polar surface area (TPSA) is 163 Å². The van der Waals surface area contributed by atoms with E-state index in [9.17, 15) is 23.6 Å². The van der Waals surface area contributed by atoms with Crippen molar-refractivity contribution in [3.05, 3.63) is 80.6 Å². The van der Waals surface area contributed by atoms with E-state index in [1.165, 1.54) is 46.0 Å². The van der Waals surface area contributed by atoms with Gasteiger partial charge in [-0.1, -0.05) is 23.7 Å². The number of primary amides is 1. The van der Waals surface area contributed by atoms with Gasteiger partial charge in [0.1, 0.15) is 12.4 Å². The van der Waals surface area contributed by atoms with Crippen LogP contribution in [-0.4, -0.2) is 45.7 Å². The molecule has 190 valence electrons. The summed E-state index contributed by atoms with van der Waals surface area (Å²) in [5.41, 5.74) is 14.8. The SMILES string of the molecule is [N-]=[N+]=NC(=O)c1ccc2c(c1)c(C(N)=O)cn2CC(=O)N(CC(=O)NCc1cccc(Cl)c1F)C1CC1. The Morgan fingerprint density at radius 2 is 2.00 bits per heavy atom. The molecular weight excluding hydrogens is 505 g/mol. The number of amides is 4. The summed E-state index contributed by atoms with van der Waals surface area (Å²) in [6.07, 6.45) is 2.89. The van der Waals surface area contributed by atoms with E-state index in [0.717, 1.165) is 12.8 Å². The number of nitrogens with zero attached hydrogens (tertiary/aromatic N) is 5. The number of fused-ring (bicyclic) bond motifs is 1. The standard InChI is InChI=1S/C24H21ClFN7O4/c25-18-3-1-2-14(22(18)26)9-29-20(34)11-33(15-5-6-15)21(35)12-32-10-17(23(27)36)16-8-13(4-7-19(16)32)24(37)30-31-28/h1-4,7-8,10,15H,5-6,9,11-12H2,(H2,27,36)(H,29,34). The largest absolute Gasteiger partial charge is 0.366 e. The highest BCUT2D eigenvalue weighted by molar-refractivity contribution is 6.30. The molecule has 0 aliphatic heterocycles. The van der Waals surface area contributed by atoms with Crippen LogP contribution >= 0.6 is 11.6 Å². The van der Waals surface area contributed by atoms with E-state index in [1.54, 1.807) is 6.07 Å². The molecule has 0 atom stereocenters. The molecule has 1 saturated carbocycles. The van der Waals surface area contributed by atoms with Crippen LogP contribution in [0.2, 0.25) is 5.02 Å². The van der Waals surface area contributed by atoms with Gasteiger partial charge in [-0.3, -0.25) is 19.2 Å². The fourth-order valence-electron chi connectivity index (χ4n) is 3.99. The predicted octanol–water partition coefficient (Wildman–Crippen LogP) is 3.29. The lowest BCUT2D eigenvalue weighted by molar-refractivity contribution is -0.137. The fourth-order valence-corrected chi connectivity index (χ4v) is 4.18. The molecule has 4 rings (SSSR count). The molecule has 3 aromatic rings. The summed E-state index contributed by atoms with van der Waals surface area (Å²) in [4.78, 5) is 53.6. The van der Waals surface area contributed by atoms with Gasteiger partial charge in [0.15, 0.2) is 0 Å². The number of carbonyl (C=O) groups is 4. The van der Waals surface area contributed by atoms with E-state index in [2.05, 4.69) is 15.3 Å². The molecule has 4 amide bonds. The molecule has 3 N–H and O–H groups in total. The van der Waals surface area contributed by atoms with Crippen LogP contribution in [0.25, 0.3) is 21.3 Å². The van der Waals surface area contributed by atoms with Crippen molar-refractivity contribution in [1.82, 2.24) is 14.8 Å².